The summed E-state index contributed by atoms with van der Waals surface area (Å²) in [6, 6.07) is 6.62. The van der Waals surface area contributed by atoms with E-state index in [1.807, 2.05) is 0 Å². The third kappa shape index (κ3) is 2.23. The third-order valence-electron chi connectivity index (χ3n) is 3.16. The predicted octanol–water partition coefficient (Wildman–Crippen LogP) is 3.35. The molecule has 2 rings (SSSR count). The highest BCUT2D eigenvalue weighted by Gasteiger charge is 2.25. The first kappa shape index (κ1) is 10.7. The number of aliphatic hydroxyl groups excluding tert-OH is 1. The smallest absolute Gasteiger partial charge is 0.0684 e. The van der Waals surface area contributed by atoms with E-state index >= 15 is 0 Å². The zero-order valence-electron chi connectivity index (χ0n) is 9.88. The minimum absolute atomic E-state index is 0.125. The fraction of sp³-hybridized carbons (Fsp3) is 0.571. The molecule has 1 aromatic rings. The lowest BCUT2D eigenvalue weighted by molar-refractivity contribution is 0.278. The topological polar surface area (TPSA) is 20.2 Å². The number of aliphatic hydroxyl groups is 1. The Morgan fingerprint density at radius 2 is 1.93 bits per heavy atom. The second-order valence-electron chi connectivity index (χ2n) is 5.60. The van der Waals surface area contributed by atoms with Gasteiger partial charge in [0.2, 0.25) is 0 Å². The SMILES string of the molecule is CC(C)(C)c1ccc(C2CC2)cc1CO. The summed E-state index contributed by atoms with van der Waals surface area (Å²) in [6.07, 6.45) is 2.64. The Bertz CT molecular complexity index is 356. The van der Waals surface area contributed by atoms with Crippen LogP contribution in [0.1, 0.15) is 56.2 Å². The fourth-order valence-electron chi connectivity index (χ4n) is 2.15. The second kappa shape index (κ2) is 3.64. The van der Waals surface area contributed by atoms with E-state index in [4.69, 9.17) is 0 Å². The van der Waals surface area contributed by atoms with Crippen LogP contribution in [0.5, 0.6) is 0 Å². The van der Waals surface area contributed by atoms with Crippen molar-refractivity contribution < 1.29 is 5.11 Å². The summed E-state index contributed by atoms with van der Waals surface area (Å²) in [4.78, 5) is 0. The largest absolute Gasteiger partial charge is 0.392 e. The maximum absolute atomic E-state index is 9.41. The van der Waals surface area contributed by atoms with Gasteiger partial charge in [-0.2, -0.15) is 0 Å². The molecule has 0 bridgehead atoms. The first-order chi connectivity index (χ1) is 7.02. The molecule has 82 valence electrons. The molecule has 0 heterocycles. The van der Waals surface area contributed by atoms with Gasteiger partial charge < -0.3 is 5.11 Å². The lowest BCUT2D eigenvalue weighted by atomic mass is 9.83. The lowest BCUT2D eigenvalue weighted by Gasteiger charge is -2.23. The van der Waals surface area contributed by atoms with Crippen molar-refractivity contribution >= 4 is 0 Å². The number of benzene rings is 1. The van der Waals surface area contributed by atoms with E-state index in [1.165, 1.54) is 24.0 Å². The Morgan fingerprint density at radius 3 is 2.40 bits per heavy atom. The molecule has 1 fully saturated rings. The van der Waals surface area contributed by atoms with Gasteiger partial charge in [0.05, 0.1) is 6.61 Å². The molecule has 0 unspecified atom stereocenters. The Hall–Kier alpha value is -0.820. The molecule has 1 nitrogen and oxygen atoms in total. The predicted molar refractivity (Wildman–Crippen MR) is 63.0 cm³/mol. The molecular formula is C14H20O. The summed E-state index contributed by atoms with van der Waals surface area (Å²) < 4.78 is 0. The van der Waals surface area contributed by atoms with Gasteiger partial charge in [0, 0.05) is 0 Å². The maximum atomic E-state index is 9.41. The molecule has 1 aliphatic carbocycles. The van der Waals surface area contributed by atoms with Crippen molar-refractivity contribution in [3.05, 3.63) is 34.9 Å². The number of hydrogen-bond acceptors (Lipinski definition) is 1. The molecule has 1 saturated carbocycles. The van der Waals surface area contributed by atoms with E-state index in [-0.39, 0.29) is 12.0 Å². The number of hydrogen-bond donors (Lipinski definition) is 1. The molecular weight excluding hydrogens is 184 g/mol. The first-order valence-corrected chi connectivity index (χ1v) is 5.76. The summed E-state index contributed by atoms with van der Waals surface area (Å²) in [7, 11) is 0. The van der Waals surface area contributed by atoms with Crippen LogP contribution in [0.15, 0.2) is 18.2 Å². The van der Waals surface area contributed by atoms with Crippen LogP contribution in [0, 0.1) is 0 Å². The van der Waals surface area contributed by atoms with Gasteiger partial charge in [0.25, 0.3) is 0 Å². The summed E-state index contributed by atoms with van der Waals surface area (Å²) in [5.74, 6) is 0.768. The molecule has 1 N–H and O–H groups in total. The monoisotopic (exact) mass is 204 g/mol. The molecule has 0 amide bonds. The molecule has 0 spiro atoms. The highest BCUT2D eigenvalue weighted by atomic mass is 16.3. The molecule has 1 aromatic carbocycles. The molecule has 0 aromatic heterocycles. The summed E-state index contributed by atoms with van der Waals surface area (Å²) in [5.41, 5.74) is 3.91. The van der Waals surface area contributed by atoms with Gasteiger partial charge >= 0.3 is 0 Å². The molecule has 1 heteroatoms. The van der Waals surface area contributed by atoms with Crippen molar-refractivity contribution in [2.45, 2.75) is 51.6 Å². The van der Waals surface area contributed by atoms with E-state index in [9.17, 15) is 5.11 Å². The van der Waals surface area contributed by atoms with Crippen LogP contribution in [0.3, 0.4) is 0 Å². The van der Waals surface area contributed by atoms with E-state index < -0.39 is 0 Å². The van der Waals surface area contributed by atoms with Crippen molar-refractivity contribution in [1.29, 1.82) is 0 Å². The molecule has 0 radical (unpaired) electrons. The maximum Gasteiger partial charge on any atom is 0.0684 e. The molecule has 0 atom stereocenters. The van der Waals surface area contributed by atoms with E-state index in [2.05, 4.69) is 39.0 Å². The average molecular weight is 204 g/mol. The van der Waals surface area contributed by atoms with Gasteiger partial charge in [-0.15, -0.1) is 0 Å². The van der Waals surface area contributed by atoms with E-state index in [1.54, 1.807) is 0 Å². The van der Waals surface area contributed by atoms with Gasteiger partial charge in [-0.1, -0.05) is 39.0 Å². The third-order valence-corrected chi connectivity index (χ3v) is 3.16. The van der Waals surface area contributed by atoms with Crippen molar-refractivity contribution in [2.24, 2.45) is 0 Å². The highest BCUT2D eigenvalue weighted by molar-refractivity contribution is 5.38. The van der Waals surface area contributed by atoms with Gasteiger partial charge in [0.1, 0.15) is 0 Å². The Morgan fingerprint density at radius 1 is 1.27 bits per heavy atom. The zero-order valence-corrected chi connectivity index (χ0v) is 9.88. The van der Waals surface area contributed by atoms with Gasteiger partial charge in [-0.25, -0.2) is 0 Å². The van der Waals surface area contributed by atoms with Crippen molar-refractivity contribution in [1.82, 2.24) is 0 Å². The molecule has 15 heavy (non-hydrogen) atoms. The van der Waals surface area contributed by atoms with Crippen LogP contribution in [-0.2, 0) is 12.0 Å². The average Bonchev–Trinajstić information content (AvgIpc) is 2.98. The minimum Gasteiger partial charge on any atom is -0.392 e. The Kier molecular flexibility index (Phi) is 2.59. The van der Waals surface area contributed by atoms with Crippen LogP contribution in [0.2, 0.25) is 0 Å². The Balaban J connectivity index is 2.39. The minimum atomic E-state index is 0.125. The molecule has 0 saturated heterocycles. The zero-order chi connectivity index (χ0) is 11.1. The first-order valence-electron chi connectivity index (χ1n) is 5.76. The van der Waals surface area contributed by atoms with Crippen molar-refractivity contribution in [3.8, 4) is 0 Å². The standard InChI is InChI=1S/C14H20O/c1-14(2,3)13-7-6-11(10-4-5-10)8-12(13)9-15/h6-8,10,15H,4-5,9H2,1-3H3. The van der Waals surface area contributed by atoms with E-state index in [0.717, 1.165) is 11.5 Å². The summed E-state index contributed by atoms with van der Waals surface area (Å²) in [6.45, 7) is 6.74. The van der Waals surface area contributed by atoms with Crippen LogP contribution in [0.4, 0.5) is 0 Å². The van der Waals surface area contributed by atoms with Gasteiger partial charge in [-0.05, 0) is 40.9 Å². The van der Waals surface area contributed by atoms with Crippen LogP contribution >= 0.6 is 0 Å². The van der Waals surface area contributed by atoms with Crippen LogP contribution < -0.4 is 0 Å². The fourth-order valence-corrected chi connectivity index (χ4v) is 2.15. The quantitative estimate of drug-likeness (QED) is 0.783. The van der Waals surface area contributed by atoms with E-state index in [0.29, 0.717) is 0 Å². The van der Waals surface area contributed by atoms with Crippen LogP contribution in [-0.4, -0.2) is 5.11 Å². The summed E-state index contributed by atoms with van der Waals surface area (Å²) >= 11 is 0. The van der Waals surface area contributed by atoms with Gasteiger partial charge in [-0.3, -0.25) is 0 Å². The molecule has 1 aliphatic rings. The van der Waals surface area contributed by atoms with Crippen molar-refractivity contribution in [3.63, 3.8) is 0 Å². The van der Waals surface area contributed by atoms with Crippen molar-refractivity contribution in [2.75, 3.05) is 0 Å². The van der Waals surface area contributed by atoms with Gasteiger partial charge in [0.15, 0.2) is 0 Å². The molecule has 0 aliphatic heterocycles. The van der Waals surface area contributed by atoms with Crippen LogP contribution in [0.25, 0.3) is 0 Å². The highest BCUT2D eigenvalue weighted by Crippen LogP contribution is 2.41. The second-order valence-corrected chi connectivity index (χ2v) is 5.60. The summed E-state index contributed by atoms with van der Waals surface area (Å²) in [5, 5.41) is 9.41. The Labute approximate surface area is 92.1 Å². The number of rotatable bonds is 2. The lowest BCUT2D eigenvalue weighted by Crippen LogP contribution is -2.14. The normalized spacial score (nSPS) is 16.8.